The molecule has 5 aromatic rings. The summed E-state index contributed by atoms with van der Waals surface area (Å²) in [6.45, 7) is 4.95. The molecule has 1 aliphatic heterocycles. The van der Waals surface area contributed by atoms with E-state index in [2.05, 4.69) is 26.3 Å². The van der Waals surface area contributed by atoms with E-state index in [0.717, 1.165) is 40.2 Å². The molecule has 0 bridgehead atoms. The monoisotopic (exact) mass is 568 g/mol. The number of ether oxygens (including phenoxy) is 4. The molecule has 0 spiro atoms. The van der Waals surface area contributed by atoms with Crippen LogP contribution in [0.25, 0.3) is 22.1 Å². The number of imidazole rings is 1. The maximum absolute atomic E-state index is 10.1. The van der Waals surface area contributed by atoms with Crippen molar-refractivity contribution < 1.29 is 24.1 Å². The maximum atomic E-state index is 10.1. The lowest BCUT2D eigenvalue weighted by molar-refractivity contribution is -0.161. The smallest absolute Gasteiger partial charge is 0.242 e. The number of anilines is 1. The van der Waals surface area contributed by atoms with Crippen LogP contribution in [0, 0.1) is 5.92 Å². The second kappa shape index (κ2) is 10.4. The molecule has 4 atom stereocenters. The third kappa shape index (κ3) is 4.94. The highest BCUT2D eigenvalue weighted by atomic mass is 16.8. The number of nitrogens with one attached hydrogen (secondary N) is 1. The molecule has 1 aliphatic carbocycles. The van der Waals surface area contributed by atoms with Crippen LogP contribution < -0.4 is 14.8 Å². The minimum absolute atomic E-state index is 0.0656. The number of pyridine rings is 1. The standard InChI is InChI=1S/C31H32N6O5/c1-31(2)41-27-20(12-24(28(27)42-31)37-17-35-26-29(37)33-16-34-30(26)38)15-40-22-10-6-19-7-11-25(36-23(19)13-22)32-14-18-4-8-21(39-3)9-5-18/h4-11,13,16-17,20,24,27-28H,12,14-15H2,1-3H3,(H,32,36)(H,33,34,38)/t20-,24-,27-,28+/m1/s1. The zero-order valence-electron chi connectivity index (χ0n) is 23.6. The van der Waals surface area contributed by atoms with E-state index in [4.69, 9.17) is 23.9 Å². The van der Waals surface area contributed by atoms with Gasteiger partial charge in [0, 0.05) is 23.9 Å². The van der Waals surface area contributed by atoms with E-state index in [-0.39, 0.29) is 30.0 Å². The first-order valence-electron chi connectivity index (χ1n) is 14.0. The molecule has 4 heterocycles. The average molecular weight is 569 g/mol. The Morgan fingerprint density at radius 3 is 2.62 bits per heavy atom. The molecule has 0 unspecified atom stereocenters. The van der Waals surface area contributed by atoms with Crippen molar-refractivity contribution in [2.45, 2.75) is 50.8 Å². The zero-order chi connectivity index (χ0) is 28.8. The third-order valence-electron chi connectivity index (χ3n) is 8.01. The van der Waals surface area contributed by atoms with E-state index in [0.29, 0.717) is 24.3 Å². The number of rotatable bonds is 8. The molecule has 2 aliphatic rings. The molecule has 11 heteroatoms. The molecule has 2 N–H and O–H groups in total. The number of methoxy groups -OCH3 is 1. The number of hydrogen-bond acceptors (Lipinski definition) is 10. The molecule has 11 nitrogen and oxygen atoms in total. The van der Waals surface area contributed by atoms with Gasteiger partial charge in [0.15, 0.2) is 17.0 Å². The quantitative estimate of drug-likeness (QED) is 0.268. The van der Waals surface area contributed by atoms with Crippen molar-refractivity contribution in [3.63, 3.8) is 0 Å². The molecule has 7 rings (SSSR count). The topological polar surface area (TPSA) is 126 Å². The number of hydrogen-bond donors (Lipinski definition) is 2. The van der Waals surface area contributed by atoms with Crippen molar-refractivity contribution in [1.29, 1.82) is 0 Å². The van der Waals surface area contributed by atoms with Gasteiger partial charge in [-0.15, -0.1) is 0 Å². The molecule has 2 aromatic carbocycles. The summed E-state index contributed by atoms with van der Waals surface area (Å²) in [7, 11) is 1.66. The summed E-state index contributed by atoms with van der Waals surface area (Å²) in [5.74, 6) is 1.57. The van der Waals surface area contributed by atoms with Crippen molar-refractivity contribution in [3.8, 4) is 17.4 Å². The fraction of sp³-hybridized carbons (Fsp3) is 0.355. The van der Waals surface area contributed by atoms with E-state index in [1.54, 1.807) is 13.4 Å². The van der Waals surface area contributed by atoms with Gasteiger partial charge in [0.25, 0.3) is 0 Å². The SMILES string of the molecule is COc1ccc(CNc2ccc3ccc(OC[C@H]4C[C@@H](n5cnc6c(O)ncnc65)[C@@H]5OC(C)(C)O[C@H]45)cc3n2)cc1. The highest BCUT2D eigenvalue weighted by Gasteiger charge is 2.55. The van der Waals surface area contributed by atoms with E-state index in [1.807, 2.05) is 66.9 Å². The van der Waals surface area contributed by atoms with Gasteiger partial charge in [-0.05, 0) is 62.2 Å². The fourth-order valence-corrected chi connectivity index (χ4v) is 6.00. The van der Waals surface area contributed by atoms with Crippen molar-refractivity contribution in [1.82, 2.24) is 24.5 Å². The van der Waals surface area contributed by atoms with Gasteiger partial charge in [0.2, 0.25) is 5.88 Å². The molecule has 1 saturated carbocycles. The van der Waals surface area contributed by atoms with E-state index in [1.165, 1.54) is 6.33 Å². The fourth-order valence-electron chi connectivity index (χ4n) is 6.00. The number of fused-ring (bicyclic) bond motifs is 3. The van der Waals surface area contributed by atoms with Crippen LogP contribution in [0.2, 0.25) is 0 Å². The summed E-state index contributed by atoms with van der Waals surface area (Å²) in [6, 6.07) is 17.9. The minimum atomic E-state index is -0.720. The lowest BCUT2D eigenvalue weighted by Crippen LogP contribution is -2.29. The van der Waals surface area contributed by atoms with Crippen molar-refractivity contribution in [2.24, 2.45) is 5.92 Å². The Hall–Kier alpha value is -4.48. The van der Waals surface area contributed by atoms with Gasteiger partial charge < -0.3 is 33.9 Å². The first kappa shape index (κ1) is 26.4. The summed E-state index contributed by atoms with van der Waals surface area (Å²) in [5.41, 5.74) is 2.92. The van der Waals surface area contributed by atoms with Gasteiger partial charge in [0.1, 0.15) is 29.7 Å². The number of aromatic nitrogens is 5. The molecular weight excluding hydrogens is 536 g/mol. The molecule has 3 aromatic heterocycles. The van der Waals surface area contributed by atoms with E-state index in [9.17, 15) is 5.11 Å². The lowest BCUT2D eigenvalue weighted by Gasteiger charge is -2.24. The Bertz CT molecular complexity index is 1740. The van der Waals surface area contributed by atoms with Crippen LogP contribution in [-0.4, -0.2) is 61.3 Å². The Balaban J connectivity index is 1.06. The second-order valence-corrected chi connectivity index (χ2v) is 11.2. The van der Waals surface area contributed by atoms with E-state index >= 15 is 0 Å². The van der Waals surface area contributed by atoms with Gasteiger partial charge in [-0.1, -0.05) is 12.1 Å². The largest absolute Gasteiger partial charge is 0.497 e. The molecule has 2 fully saturated rings. The molecule has 0 radical (unpaired) electrons. The predicted octanol–water partition coefficient (Wildman–Crippen LogP) is 4.86. The average Bonchev–Trinajstić information content (AvgIpc) is 3.66. The zero-order valence-corrected chi connectivity index (χ0v) is 23.6. The van der Waals surface area contributed by atoms with Crippen LogP contribution in [0.1, 0.15) is 31.9 Å². The summed E-state index contributed by atoms with van der Waals surface area (Å²) >= 11 is 0. The summed E-state index contributed by atoms with van der Waals surface area (Å²) < 4.78 is 26.2. The molecule has 1 saturated heterocycles. The van der Waals surface area contributed by atoms with Gasteiger partial charge in [-0.2, -0.15) is 4.98 Å². The molecule has 216 valence electrons. The van der Waals surface area contributed by atoms with Crippen LogP contribution in [0.15, 0.2) is 67.3 Å². The van der Waals surface area contributed by atoms with Gasteiger partial charge >= 0.3 is 0 Å². The summed E-state index contributed by atoms with van der Waals surface area (Å²) in [4.78, 5) is 17.4. The lowest BCUT2D eigenvalue weighted by atomic mass is 10.1. The van der Waals surface area contributed by atoms with E-state index < -0.39 is 5.79 Å². The Morgan fingerprint density at radius 1 is 1.00 bits per heavy atom. The number of aromatic hydroxyl groups is 1. The van der Waals surface area contributed by atoms with Crippen LogP contribution in [0.5, 0.6) is 17.4 Å². The highest BCUT2D eigenvalue weighted by molar-refractivity contribution is 5.81. The minimum Gasteiger partial charge on any atom is -0.497 e. The Kier molecular flexibility index (Phi) is 6.55. The molecule has 42 heavy (non-hydrogen) atoms. The number of nitrogens with zero attached hydrogens (tertiary/aromatic N) is 5. The third-order valence-corrected chi connectivity index (χ3v) is 8.01. The van der Waals surface area contributed by atoms with Crippen LogP contribution >= 0.6 is 0 Å². The molecule has 0 amide bonds. The summed E-state index contributed by atoms with van der Waals surface area (Å²) in [6.07, 6.45) is 3.40. The maximum Gasteiger partial charge on any atom is 0.242 e. The van der Waals surface area contributed by atoms with Crippen LogP contribution in [0.3, 0.4) is 0 Å². The predicted molar refractivity (Wildman–Crippen MR) is 156 cm³/mol. The van der Waals surface area contributed by atoms with Crippen molar-refractivity contribution >= 4 is 27.9 Å². The Labute approximate surface area is 242 Å². The van der Waals surface area contributed by atoms with Crippen molar-refractivity contribution in [3.05, 3.63) is 72.8 Å². The molecular formula is C31H32N6O5. The Morgan fingerprint density at radius 2 is 1.79 bits per heavy atom. The normalized spacial score (nSPS) is 22.8. The van der Waals surface area contributed by atoms with Crippen LogP contribution in [-0.2, 0) is 16.0 Å². The first-order valence-corrected chi connectivity index (χ1v) is 14.0. The van der Waals surface area contributed by atoms with Crippen LogP contribution in [0.4, 0.5) is 5.82 Å². The van der Waals surface area contributed by atoms with Gasteiger partial charge in [-0.25, -0.2) is 15.0 Å². The first-order chi connectivity index (χ1) is 20.4. The van der Waals surface area contributed by atoms with Gasteiger partial charge in [-0.3, -0.25) is 0 Å². The van der Waals surface area contributed by atoms with Crippen molar-refractivity contribution in [2.75, 3.05) is 19.0 Å². The van der Waals surface area contributed by atoms with Gasteiger partial charge in [0.05, 0.1) is 37.7 Å². The summed E-state index contributed by atoms with van der Waals surface area (Å²) in [5, 5.41) is 14.6. The highest BCUT2D eigenvalue weighted by Crippen LogP contribution is 2.47. The second-order valence-electron chi connectivity index (χ2n) is 11.2. The number of benzene rings is 2.